The maximum Gasteiger partial charge on any atom is 0.273 e. The minimum atomic E-state index is -0.216. The van der Waals surface area contributed by atoms with Gasteiger partial charge in [0.15, 0.2) is 11.5 Å². The number of carbonyl (C=O) groups is 1. The van der Waals surface area contributed by atoms with Gasteiger partial charge in [-0.3, -0.25) is 4.79 Å². The average Bonchev–Trinajstić information content (AvgIpc) is 3.11. The van der Waals surface area contributed by atoms with Crippen LogP contribution in [-0.2, 0) is 0 Å². The third kappa shape index (κ3) is 2.75. The van der Waals surface area contributed by atoms with E-state index in [2.05, 4.69) is 10.5 Å². The fourth-order valence-electron chi connectivity index (χ4n) is 2.44. The van der Waals surface area contributed by atoms with Gasteiger partial charge in [-0.2, -0.15) is 0 Å². The molecule has 106 valence electrons. The Kier molecular flexibility index (Phi) is 3.56. The van der Waals surface area contributed by atoms with Crippen molar-refractivity contribution in [2.45, 2.75) is 37.8 Å². The highest BCUT2D eigenvalue weighted by Crippen LogP contribution is 2.21. The van der Waals surface area contributed by atoms with Gasteiger partial charge < -0.3 is 20.0 Å². The van der Waals surface area contributed by atoms with E-state index in [1.807, 2.05) is 0 Å². The minimum absolute atomic E-state index is 0.172. The molecule has 0 unspecified atom stereocenters. The van der Waals surface area contributed by atoms with Gasteiger partial charge in [0, 0.05) is 18.2 Å². The van der Waals surface area contributed by atoms with Crippen LogP contribution >= 0.6 is 0 Å². The van der Waals surface area contributed by atoms with Crippen LogP contribution in [0.1, 0.15) is 36.2 Å². The lowest BCUT2D eigenvalue weighted by Crippen LogP contribution is -2.40. The van der Waals surface area contributed by atoms with Gasteiger partial charge in [0.1, 0.15) is 0 Å². The molecule has 3 N–H and O–H groups in total. The van der Waals surface area contributed by atoms with Gasteiger partial charge in [0.05, 0.1) is 6.26 Å². The standard InChI is InChI=1S/C14H17N3O3/c15-9-3-5-10(6-4-9)16-14(18)11-8-13(20-17-11)12-2-1-7-19-12/h1-2,7-10H,3-6,15H2,(H,16,18). The first-order valence-electron chi connectivity index (χ1n) is 6.79. The van der Waals surface area contributed by atoms with Crippen LogP contribution in [-0.4, -0.2) is 23.1 Å². The van der Waals surface area contributed by atoms with Gasteiger partial charge in [-0.1, -0.05) is 5.16 Å². The summed E-state index contributed by atoms with van der Waals surface area (Å²) in [5.41, 5.74) is 6.12. The zero-order valence-electron chi connectivity index (χ0n) is 11.0. The van der Waals surface area contributed by atoms with Crippen LogP contribution in [0, 0.1) is 0 Å². The predicted molar refractivity (Wildman–Crippen MR) is 71.9 cm³/mol. The summed E-state index contributed by atoms with van der Waals surface area (Å²) < 4.78 is 10.3. The number of carbonyl (C=O) groups excluding carboxylic acids is 1. The fraction of sp³-hybridized carbons (Fsp3) is 0.429. The Hall–Kier alpha value is -2.08. The van der Waals surface area contributed by atoms with Crippen molar-refractivity contribution in [1.29, 1.82) is 0 Å². The second-order valence-electron chi connectivity index (χ2n) is 5.14. The summed E-state index contributed by atoms with van der Waals surface area (Å²) in [7, 11) is 0. The Morgan fingerprint density at radius 2 is 2.10 bits per heavy atom. The first-order chi connectivity index (χ1) is 9.72. The molecule has 1 saturated carbocycles. The molecule has 0 spiro atoms. The van der Waals surface area contributed by atoms with Crippen molar-refractivity contribution in [2.75, 3.05) is 0 Å². The number of hydrogen-bond acceptors (Lipinski definition) is 5. The average molecular weight is 275 g/mol. The van der Waals surface area contributed by atoms with Crippen molar-refractivity contribution in [1.82, 2.24) is 10.5 Å². The van der Waals surface area contributed by atoms with E-state index < -0.39 is 0 Å². The molecule has 1 fully saturated rings. The quantitative estimate of drug-likeness (QED) is 0.892. The number of furan rings is 1. The highest BCUT2D eigenvalue weighted by atomic mass is 16.5. The largest absolute Gasteiger partial charge is 0.461 e. The van der Waals surface area contributed by atoms with Gasteiger partial charge in [-0.25, -0.2) is 0 Å². The Morgan fingerprint density at radius 3 is 2.80 bits per heavy atom. The molecule has 0 radical (unpaired) electrons. The third-order valence-corrected chi connectivity index (χ3v) is 3.61. The first kappa shape index (κ1) is 12.9. The van der Waals surface area contributed by atoms with Crippen molar-refractivity contribution in [3.63, 3.8) is 0 Å². The Balaban J connectivity index is 1.63. The molecule has 2 heterocycles. The molecule has 0 bridgehead atoms. The Bertz CT molecular complexity index is 568. The van der Waals surface area contributed by atoms with E-state index >= 15 is 0 Å². The number of nitrogens with zero attached hydrogens (tertiary/aromatic N) is 1. The summed E-state index contributed by atoms with van der Waals surface area (Å²) >= 11 is 0. The lowest BCUT2D eigenvalue weighted by Gasteiger charge is -2.26. The number of nitrogens with one attached hydrogen (secondary N) is 1. The molecule has 20 heavy (non-hydrogen) atoms. The molecule has 1 aliphatic carbocycles. The normalized spacial score (nSPS) is 22.6. The van der Waals surface area contributed by atoms with Crippen LogP contribution < -0.4 is 11.1 Å². The minimum Gasteiger partial charge on any atom is -0.461 e. The van der Waals surface area contributed by atoms with Crippen molar-refractivity contribution in [3.05, 3.63) is 30.2 Å². The second-order valence-corrected chi connectivity index (χ2v) is 5.14. The van der Waals surface area contributed by atoms with E-state index in [1.54, 1.807) is 24.5 Å². The summed E-state index contributed by atoms with van der Waals surface area (Å²) in [6.45, 7) is 0. The fourth-order valence-corrected chi connectivity index (χ4v) is 2.44. The zero-order valence-corrected chi connectivity index (χ0v) is 11.0. The van der Waals surface area contributed by atoms with Crippen LogP contribution in [0.4, 0.5) is 0 Å². The number of aromatic nitrogens is 1. The number of hydrogen-bond donors (Lipinski definition) is 2. The molecule has 0 atom stereocenters. The summed E-state index contributed by atoms with van der Waals surface area (Å²) in [5, 5.41) is 6.75. The van der Waals surface area contributed by atoms with Gasteiger partial charge in [-0.05, 0) is 37.8 Å². The third-order valence-electron chi connectivity index (χ3n) is 3.61. The smallest absolute Gasteiger partial charge is 0.273 e. The lowest BCUT2D eigenvalue weighted by atomic mass is 9.92. The molecule has 6 heteroatoms. The topological polar surface area (TPSA) is 94.3 Å². The molecule has 0 aromatic carbocycles. The SMILES string of the molecule is NC1CCC(NC(=O)c2cc(-c3ccco3)on2)CC1. The van der Waals surface area contributed by atoms with Gasteiger partial charge in [0.25, 0.3) is 5.91 Å². The van der Waals surface area contributed by atoms with Crippen LogP contribution in [0.15, 0.2) is 33.4 Å². The number of amides is 1. The lowest BCUT2D eigenvalue weighted by molar-refractivity contribution is 0.0916. The van der Waals surface area contributed by atoms with Crippen molar-refractivity contribution >= 4 is 5.91 Å². The molecule has 2 aromatic heterocycles. The number of rotatable bonds is 3. The van der Waals surface area contributed by atoms with E-state index in [0.29, 0.717) is 11.5 Å². The molecule has 6 nitrogen and oxygen atoms in total. The van der Waals surface area contributed by atoms with Gasteiger partial charge >= 0.3 is 0 Å². The van der Waals surface area contributed by atoms with Crippen molar-refractivity contribution in [3.8, 4) is 11.5 Å². The molecule has 0 saturated heterocycles. The molecular weight excluding hydrogens is 258 g/mol. The van der Waals surface area contributed by atoms with E-state index in [-0.39, 0.29) is 23.7 Å². The molecule has 3 rings (SSSR count). The van der Waals surface area contributed by atoms with Crippen molar-refractivity contribution in [2.24, 2.45) is 5.73 Å². The van der Waals surface area contributed by atoms with Crippen LogP contribution in [0.2, 0.25) is 0 Å². The van der Waals surface area contributed by atoms with E-state index in [9.17, 15) is 4.79 Å². The highest BCUT2D eigenvalue weighted by Gasteiger charge is 2.22. The van der Waals surface area contributed by atoms with Gasteiger partial charge in [-0.15, -0.1) is 0 Å². The monoisotopic (exact) mass is 275 g/mol. The number of nitrogens with two attached hydrogens (primary N) is 1. The predicted octanol–water partition coefficient (Wildman–Crippen LogP) is 1.93. The molecule has 2 aromatic rings. The summed E-state index contributed by atoms with van der Waals surface area (Å²) in [5.74, 6) is 0.790. The molecule has 1 aliphatic rings. The maximum atomic E-state index is 12.1. The Labute approximate surface area is 116 Å². The molecule has 0 aliphatic heterocycles. The summed E-state index contributed by atoms with van der Waals surface area (Å²) in [6.07, 6.45) is 5.26. The van der Waals surface area contributed by atoms with Crippen LogP contribution in [0.3, 0.4) is 0 Å². The molecular formula is C14H17N3O3. The highest BCUT2D eigenvalue weighted by molar-refractivity contribution is 5.93. The second kappa shape index (κ2) is 5.50. The summed E-state index contributed by atoms with van der Waals surface area (Å²) in [4.78, 5) is 12.1. The van der Waals surface area contributed by atoms with Crippen LogP contribution in [0.25, 0.3) is 11.5 Å². The summed E-state index contributed by atoms with van der Waals surface area (Å²) in [6, 6.07) is 5.53. The first-order valence-corrected chi connectivity index (χ1v) is 6.79. The van der Waals surface area contributed by atoms with E-state index in [4.69, 9.17) is 14.7 Å². The van der Waals surface area contributed by atoms with Crippen molar-refractivity contribution < 1.29 is 13.7 Å². The van der Waals surface area contributed by atoms with Gasteiger partial charge in [0.2, 0.25) is 5.76 Å². The Morgan fingerprint density at radius 1 is 1.30 bits per heavy atom. The van der Waals surface area contributed by atoms with E-state index in [0.717, 1.165) is 25.7 Å². The molecule has 1 amide bonds. The van der Waals surface area contributed by atoms with Crippen LogP contribution in [0.5, 0.6) is 0 Å². The maximum absolute atomic E-state index is 12.1. The zero-order chi connectivity index (χ0) is 13.9. The van der Waals surface area contributed by atoms with E-state index in [1.165, 1.54) is 0 Å².